The highest BCUT2D eigenvalue weighted by Crippen LogP contribution is 2.38. The molecule has 4 rings (SSSR count). The summed E-state index contributed by atoms with van der Waals surface area (Å²) >= 11 is 0. The number of carbonyl (C=O) groups excluding carboxylic acids is 1. The summed E-state index contributed by atoms with van der Waals surface area (Å²) < 4.78 is 27.6. The third-order valence-corrected chi connectivity index (χ3v) is 7.19. The maximum absolute atomic E-state index is 12.7. The number of fused-ring (bicyclic) bond motifs is 2. The van der Waals surface area contributed by atoms with E-state index in [-0.39, 0.29) is 4.91 Å². The number of aliphatic imine (C=N–C) groups is 1. The lowest BCUT2D eigenvalue weighted by molar-refractivity contribution is 0.256. The molecule has 2 aliphatic carbocycles. The second kappa shape index (κ2) is 7.58. The molecule has 3 aliphatic rings. The molecule has 7 nitrogen and oxygen atoms in total. The fraction of sp³-hybridized carbons (Fsp3) is 0.500. The van der Waals surface area contributed by atoms with Crippen LogP contribution in [0.25, 0.3) is 0 Å². The van der Waals surface area contributed by atoms with Crippen LogP contribution in [-0.2, 0) is 35.7 Å². The summed E-state index contributed by atoms with van der Waals surface area (Å²) in [6, 6.07) is 1.52. The lowest BCUT2D eigenvalue weighted by atomic mass is 9.99. The van der Waals surface area contributed by atoms with E-state index in [1.165, 1.54) is 11.1 Å². The van der Waals surface area contributed by atoms with Gasteiger partial charge in [0.2, 0.25) is 0 Å². The molecule has 4 N–H and O–H groups in total. The van der Waals surface area contributed by atoms with E-state index in [0.717, 1.165) is 74.4 Å². The first-order valence-corrected chi connectivity index (χ1v) is 11.4. The van der Waals surface area contributed by atoms with Gasteiger partial charge in [0.25, 0.3) is 10.0 Å². The molecule has 1 aliphatic heterocycles. The van der Waals surface area contributed by atoms with Crippen molar-refractivity contribution in [1.29, 1.82) is 0 Å². The summed E-state index contributed by atoms with van der Waals surface area (Å²) in [6.45, 7) is 0.580. The zero-order chi connectivity index (χ0) is 19.7. The second-order valence-electron chi connectivity index (χ2n) is 7.61. The van der Waals surface area contributed by atoms with Crippen LogP contribution in [0.3, 0.4) is 0 Å². The largest absolute Gasteiger partial charge is 0.403 e. The lowest BCUT2D eigenvalue weighted by Gasteiger charge is -2.18. The first kappa shape index (κ1) is 19.0. The van der Waals surface area contributed by atoms with Crippen molar-refractivity contribution >= 4 is 27.5 Å². The fourth-order valence-corrected chi connectivity index (χ4v) is 5.58. The lowest BCUT2D eigenvalue weighted by Crippen LogP contribution is -2.37. The maximum atomic E-state index is 12.7. The van der Waals surface area contributed by atoms with Gasteiger partial charge in [-0.1, -0.05) is 6.07 Å². The number of urea groups is 1. The zero-order valence-corrected chi connectivity index (χ0v) is 16.7. The van der Waals surface area contributed by atoms with E-state index >= 15 is 0 Å². The van der Waals surface area contributed by atoms with Crippen molar-refractivity contribution in [2.45, 2.75) is 57.8 Å². The molecule has 2 amide bonds. The van der Waals surface area contributed by atoms with Gasteiger partial charge in [0, 0.05) is 18.4 Å². The third kappa shape index (κ3) is 3.53. The third-order valence-electron chi connectivity index (χ3n) is 5.79. The molecule has 1 aromatic rings. The van der Waals surface area contributed by atoms with Crippen LogP contribution in [0.5, 0.6) is 0 Å². The van der Waals surface area contributed by atoms with Crippen molar-refractivity contribution in [3.05, 3.63) is 39.4 Å². The Morgan fingerprint density at radius 2 is 1.68 bits per heavy atom. The van der Waals surface area contributed by atoms with E-state index < -0.39 is 16.1 Å². The van der Waals surface area contributed by atoms with Crippen molar-refractivity contribution in [3.8, 4) is 0 Å². The molecule has 150 valence electrons. The average molecular weight is 403 g/mol. The van der Waals surface area contributed by atoms with Gasteiger partial charge in [0.1, 0.15) is 4.91 Å². The topological polar surface area (TPSA) is 114 Å². The molecule has 0 atom stereocenters. The minimum absolute atomic E-state index is 0.106. The van der Waals surface area contributed by atoms with Gasteiger partial charge in [-0.15, -0.1) is 0 Å². The smallest absolute Gasteiger partial charge is 0.333 e. The summed E-state index contributed by atoms with van der Waals surface area (Å²) in [5, 5.41) is 2.84. The molecule has 0 radical (unpaired) electrons. The van der Waals surface area contributed by atoms with Gasteiger partial charge in [-0.3, -0.25) is 4.99 Å². The highest BCUT2D eigenvalue weighted by molar-refractivity contribution is 7.95. The minimum Gasteiger partial charge on any atom is -0.403 e. The molecule has 0 spiro atoms. The first-order chi connectivity index (χ1) is 13.5. The number of carbonyl (C=O) groups is 1. The van der Waals surface area contributed by atoms with Gasteiger partial charge in [-0.05, 0) is 80.0 Å². The van der Waals surface area contributed by atoms with E-state index in [0.29, 0.717) is 18.7 Å². The normalized spacial score (nSPS) is 19.0. The molecule has 0 unspecified atom stereocenters. The highest BCUT2D eigenvalue weighted by Gasteiger charge is 2.28. The molecule has 1 aromatic carbocycles. The van der Waals surface area contributed by atoms with Crippen LogP contribution in [0.4, 0.5) is 10.5 Å². The summed E-state index contributed by atoms with van der Waals surface area (Å²) in [4.78, 5) is 16.8. The molecule has 0 saturated carbocycles. The molecular formula is C20H26N4O3S. The molecule has 0 fully saturated rings. The van der Waals surface area contributed by atoms with Crippen LogP contribution in [-0.4, -0.2) is 26.7 Å². The van der Waals surface area contributed by atoms with E-state index in [2.05, 4.69) is 21.1 Å². The van der Waals surface area contributed by atoms with Gasteiger partial charge < -0.3 is 11.1 Å². The summed E-state index contributed by atoms with van der Waals surface area (Å²) in [6.07, 6.45) is 9.34. The Morgan fingerprint density at radius 1 is 1.00 bits per heavy atom. The van der Waals surface area contributed by atoms with Gasteiger partial charge in [0.15, 0.2) is 0 Å². The Kier molecular flexibility index (Phi) is 5.14. The van der Waals surface area contributed by atoms with Gasteiger partial charge >= 0.3 is 6.03 Å². The Morgan fingerprint density at radius 3 is 2.25 bits per heavy atom. The monoisotopic (exact) mass is 402 g/mol. The minimum atomic E-state index is -4.08. The Hall–Kier alpha value is -2.35. The van der Waals surface area contributed by atoms with E-state index in [1.54, 1.807) is 0 Å². The first-order valence-electron chi connectivity index (χ1n) is 9.95. The van der Waals surface area contributed by atoms with Crippen molar-refractivity contribution in [2.75, 3.05) is 11.9 Å². The molecule has 8 heteroatoms. The van der Waals surface area contributed by atoms with Crippen LogP contribution in [0.2, 0.25) is 0 Å². The number of benzene rings is 1. The van der Waals surface area contributed by atoms with Crippen LogP contribution >= 0.6 is 0 Å². The van der Waals surface area contributed by atoms with Gasteiger partial charge in [-0.2, -0.15) is 0 Å². The standard InChI is InChI=1S/C20H26N4O3S/c21-12-18(17-9-1-2-10-22-17)28(26,27)24-20(25)23-19-15-7-3-5-13(15)11-14-6-4-8-16(14)19/h11-12H,1-10,21H2,(H2,23,24,25). The quantitative estimate of drug-likeness (QED) is 0.718. The second-order valence-corrected chi connectivity index (χ2v) is 9.26. The number of sulfonamides is 1. The predicted octanol–water partition coefficient (Wildman–Crippen LogP) is 2.54. The summed E-state index contributed by atoms with van der Waals surface area (Å²) in [5.74, 6) is 0. The van der Waals surface area contributed by atoms with Crippen LogP contribution in [0.15, 0.2) is 22.2 Å². The Bertz CT molecular complexity index is 947. The Balaban J connectivity index is 1.56. The number of anilines is 1. The van der Waals surface area contributed by atoms with E-state index in [1.807, 2.05) is 0 Å². The summed E-state index contributed by atoms with van der Waals surface area (Å²) in [5.41, 5.74) is 11.7. The molecule has 0 aromatic heterocycles. The number of hydrogen-bond donors (Lipinski definition) is 3. The number of nitrogens with two attached hydrogens (primary N) is 1. The predicted molar refractivity (Wildman–Crippen MR) is 110 cm³/mol. The molecule has 28 heavy (non-hydrogen) atoms. The van der Waals surface area contributed by atoms with Crippen LogP contribution < -0.4 is 15.8 Å². The van der Waals surface area contributed by atoms with Crippen molar-refractivity contribution < 1.29 is 13.2 Å². The van der Waals surface area contributed by atoms with Crippen molar-refractivity contribution in [2.24, 2.45) is 10.7 Å². The molecular weight excluding hydrogens is 376 g/mol. The zero-order valence-electron chi connectivity index (χ0n) is 15.9. The number of nitrogens with one attached hydrogen (secondary N) is 2. The van der Waals surface area contributed by atoms with Crippen molar-refractivity contribution in [1.82, 2.24) is 4.72 Å². The number of nitrogens with zero attached hydrogens (tertiary/aromatic N) is 1. The van der Waals surface area contributed by atoms with Gasteiger partial charge in [0.05, 0.1) is 5.71 Å². The number of amides is 2. The Labute approximate surface area is 165 Å². The fourth-order valence-electron chi connectivity index (χ4n) is 4.52. The molecule has 1 heterocycles. The molecule has 0 bridgehead atoms. The number of allylic oxidation sites excluding steroid dienone is 1. The van der Waals surface area contributed by atoms with Crippen molar-refractivity contribution in [3.63, 3.8) is 0 Å². The maximum Gasteiger partial charge on any atom is 0.333 e. The number of rotatable bonds is 4. The van der Waals surface area contributed by atoms with Gasteiger partial charge in [-0.25, -0.2) is 17.9 Å². The number of hydrogen-bond acceptors (Lipinski definition) is 5. The van der Waals surface area contributed by atoms with Crippen LogP contribution in [0, 0.1) is 0 Å². The highest BCUT2D eigenvalue weighted by atomic mass is 32.2. The van der Waals surface area contributed by atoms with E-state index in [9.17, 15) is 13.2 Å². The average Bonchev–Trinajstić information content (AvgIpc) is 3.31. The van der Waals surface area contributed by atoms with Crippen LogP contribution in [0.1, 0.15) is 54.4 Å². The molecule has 0 saturated heterocycles. The number of aryl methyl sites for hydroxylation is 2. The SMILES string of the molecule is NC=C(C1=NCCCC1)S(=O)(=O)NC(=O)Nc1c2c(cc3c1CCC3)CCC2. The summed E-state index contributed by atoms with van der Waals surface area (Å²) in [7, 11) is -4.08. The van der Waals surface area contributed by atoms with E-state index in [4.69, 9.17) is 5.73 Å².